The molecule has 0 aromatic heterocycles. The number of ether oxygens (including phenoxy) is 2. The summed E-state index contributed by atoms with van der Waals surface area (Å²) >= 11 is 0. The summed E-state index contributed by atoms with van der Waals surface area (Å²) in [6.45, 7) is 9.54. The molecule has 12 heteroatoms. The van der Waals surface area contributed by atoms with E-state index in [1.807, 2.05) is 54.6 Å². The summed E-state index contributed by atoms with van der Waals surface area (Å²) in [6, 6.07) is 17.0. The molecular formula is C32H44N4O7S. The summed E-state index contributed by atoms with van der Waals surface area (Å²) in [6.07, 6.45) is 0.692. The number of carbonyl (C=O) groups is 3. The van der Waals surface area contributed by atoms with Gasteiger partial charge in [0.05, 0.1) is 25.1 Å². The molecule has 0 saturated carbocycles. The van der Waals surface area contributed by atoms with E-state index in [1.54, 1.807) is 39.5 Å². The molecule has 0 bridgehead atoms. The molecule has 3 amide bonds. The van der Waals surface area contributed by atoms with Gasteiger partial charge >= 0.3 is 6.09 Å². The molecule has 2 heterocycles. The molecule has 0 radical (unpaired) electrons. The second-order valence-corrected chi connectivity index (χ2v) is 15.0. The van der Waals surface area contributed by atoms with Crippen LogP contribution in [-0.2, 0) is 41.1 Å². The van der Waals surface area contributed by atoms with E-state index in [9.17, 15) is 22.8 Å². The Hall–Kier alpha value is -3.64. The number of amides is 3. The zero-order chi connectivity index (χ0) is 32.3. The van der Waals surface area contributed by atoms with Crippen molar-refractivity contribution < 1.29 is 32.3 Å². The van der Waals surface area contributed by atoms with Crippen LogP contribution in [0.1, 0.15) is 58.6 Å². The van der Waals surface area contributed by atoms with Gasteiger partial charge in [0.15, 0.2) is 6.10 Å². The summed E-state index contributed by atoms with van der Waals surface area (Å²) in [7, 11) is -3.45. The third kappa shape index (κ3) is 7.89. The number of nitrogens with one attached hydrogen (secondary N) is 2. The van der Waals surface area contributed by atoms with E-state index >= 15 is 0 Å². The lowest BCUT2D eigenvalue weighted by atomic mass is 9.74. The SMILES string of the molecule is CC(C)(C)OC(=O)NC(C)(C)C(=O)NC[C@@H](OCc1ccccc1)C(=O)N1CCC2(CC1)CN(S(C)(=O)=O)c1ccccc12. The smallest absolute Gasteiger partial charge is 0.408 e. The maximum absolute atomic E-state index is 13.8. The van der Waals surface area contributed by atoms with E-state index in [2.05, 4.69) is 10.6 Å². The molecule has 0 aliphatic carbocycles. The van der Waals surface area contributed by atoms with Gasteiger partial charge in [-0.1, -0.05) is 48.5 Å². The van der Waals surface area contributed by atoms with Crippen molar-refractivity contribution in [2.24, 2.45) is 0 Å². The van der Waals surface area contributed by atoms with Crippen LogP contribution in [0.2, 0.25) is 0 Å². The fourth-order valence-corrected chi connectivity index (χ4v) is 6.68. The van der Waals surface area contributed by atoms with Crippen molar-refractivity contribution in [3.63, 3.8) is 0 Å². The molecule has 1 saturated heterocycles. The zero-order valence-corrected chi connectivity index (χ0v) is 27.2. The number of rotatable bonds is 9. The molecule has 2 aromatic carbocycles. The molecule has 1 fully saturated rings. The van der Waals surface area contributed by atoms with E-state index in [4.69, 9.17) is 9.47 Å². The minimum Gasteiger partial charge on any atom is -0.444 e. The van der Waals surface area contributed by atoms with Crippen molar-refractivity contribution in [2.75, 3.05) is 36.7 Å². The summed E-state index contributed by atoms with van der Waals surface area (Å²) in [5.41, 5.74) is 0.141. The highest BCUT2D eigenvalue weighted by Crippen LogP contribution is 2.47. The minimum absolute atomic E-state index is 0.101. The topological polar surface area (TPSA) is 134 Å². The molecule has 2 aromatic rings. The van der Waals surface area contributed by atoms with Crippen molar-refractivity contribution in [3.05, 3.63) is 65.7 Å². The minimum atomic E-state index is -3.45. The number of hydrogen-bond donors (Lipinski definition) is 2. The van der Waals surface area contributed by atoms with E-state index in [1.165, 1.54) is 10.6 Å². The van der Waals surface area contributed by atoms with Gasteiger partial charge in [0.1, 0.15) is 11.1 Å². The molecule has 0 unspecified atom stereocenters. The third-order valence-electron chi connectivity index (χ3n) is 8.02. The second kappa shape index (κ2) is 12.8. The van der Waals surface area contributed by atoms with Crippen molar-refractivity contribution in [2.45, 2.75) is 76.7 Å². The van der Waals surface area contributed by atoms with E-state index in [-0.39, 0.29) is 24.5 Å². The first-order valence-corrected chi connectivity index (χ1v) is 16.7. The fourth-order valence-electron chi connectivity index (χ4n) is 5.68. The quantitative estimate of drug-likeness (QED) is 0.435. The van der Waals surface area contributed by atoms with Crippen LogP contribution in [0.5, 0.6) is 0 Å². The standard InChI is InChI=1S/C32H44N4O7S/c1-30(2,3)43-29(39)34-31(4,5)28(38)33-20-26(42-21-23-12-8-7-9-13-23)27(37)35-18-16-32(17-19-35)22-36(44(6,40)41)25-15-11-10-14-24(25)32/h7-15,26H,16-22H2,1-6H3,(H,33,38)(H,34,39)/t26-/m1/s1. The Bertz CT molecular complexity index is 1460. The van der Waals surface area contributed by atoms with Crippen LogP contribution in [0.15, 0.2) is 54.6 Å². The predicted molar refractivity (Wildman–Crippen MR) is 168 cm³/mol. The number of benzene rings is 2. The van der Waals surface area contributed by atoms with Crippen molar-refractivity contribution in [1.82, 2.24) is 15.5 Å². The van der Waals surface area contributed by atoms with Gasteiger partial charge in [0, 0.05) is 25.0 Å². The van der Waals surface area contributed by atoms with Gasteiger partial charge in [-0.2, -0.15) is 0 Å². The molecule has 1 spiro atoms. The van der Waals surface area contributed by atoms with Gasteiger partial charge in [0.25, 0.3) is 5.91 Å². The number of carbonyl (C=O) groups excluding carboxylic acids is 3. The van der Waals surface area contributed by atoms with Crippen molar-refractivity contribution >= 4 is 33.6 Å². The van der Waals surface area contributed by atoms with Gasteiger partial charge in [-0.05, 0) is 64.7 Å². The largest absolute Gasteiger partial charge is 0.444 e. The lowest BCUT2D eigenvalue weighted by molar-refractivity contribution is -0.146. The lowest BCUT2D eigenvalue weighted by Crippen LogP contribution is -2.58. The van der Waals surface area contributed by atoms with Gasteiger partial charge in [0.2, 0.25) is 15.9 Å². The number of sulfonamides is 1. The summed E-state index contributed by atoms with van der Waals surface area (Å²) in [5, 5.41) is 5.36. The van der Waals surface area contributed by atoms with Gasteiger partial charge in [-0.25, -0.2) is 13.2 Å². The van der Waals surface area contributed by atoms with Gasteiger partial charge < -0.3 is 25.0 Å². The van der Waals surface area contributed by atoms with Gasteiger partial charge in [-0.15, -0.1) is 0 Å². The number of anilines is 1. The molecule has 2 aliphatic heterocycles. The Morgan fingerprint density at radius 1 is 0.955 bits per heavy atom. The maximum atomic E-state index is 13.8. The molecular weight excluding hydrogens is 584 g/mol. The Balaban J connectivity index is 1.45. The zero-order valence-electron chi connectivity index (χ0n) is 26.4. The monoisotopic (exact) mass is 628 g/mol. The highest BCUT2D eigenvalue weighted by Gasteiger charge is 2.48. The highest BCUT2D eigenvalue weighted by atomic mass is 32.2. The first-order chi connectivity index (χ1) is 20.5. The van der Waals surface area contributed by atoms with Crippen molar-refractivity contribution in [1.29, 1.82) is 0 Å². The van der Waals surface area contributed by atoms with Crippen LogP contribution < -0.4 is 14.9 Å². The molecule has 2 N–H and O–H groups in total. The van der Waals surface area contributed by atoms with Crippen LogP contribution >= 0.6 is 0 Å². The Morgan fingerprint density at radius 2 is 1.57 bits per heavy atom. The number of hydrogen-bond acceptors (Lipinski definition) is 7. The summed E-state index contributed by atoms with van der Waals surface area (Å²) in [4.78, 5) is 41.0. The number of nitrogens with zero attached hydrogens (tertiary/aromatic N) is 2. The van der Waals surface area contributed by atoms with Crippen LogP contribution in [0, 0.1) is 0 Å². The van der Waals surface area contributed by atoms with Crippen LogP contribution in [0.3, 0.4) is 0 Å². The fraction of sp³-hybridized carbons (Fsp3) is 0.531. The highest BCUT2D eigenvalue weighted by molar-refractivity contribution is 7.92. The van der Waals surface area contributed by atoms with Gasteiger partial charge in [-0.3, -0.25) is 13.9 Å². The number of fused-ring (bicyclic) bond motifs is 2. The Labute approximate surface area is 260 Å². The Kier molecular flexibility index (Phi) is 9.65. The molecule has 240 valence electrons. The molecule has 11 nitrogen and oxygen atoms in total. The predicted octanol–water partition coefficient (Wildman–Crippen LogP) is 3.33. The average molecular weight is 629 g/mol. The van der Waals surface area contributed by atoms with Crippen LogP contribution in [0.25, 0.3) is 0 Å². The van der Waals surface area contributed by atoms with E-state index < -0.39 is 39.3 Å². The number of piperidine rings is 1. The molecule has 4 rings (SSSR count). The first kappa shape index (κ1) is 33.3. The number of para-hydroxylation sites is 1. The molecule has 2 aliphatic rings. The molecule has 44 heavy (non-hydrogen) atoms. The van der Waals surface area contributed by atoms with Crippen LogP contribution in [-0.4, -0.2) is 80.9 Å². The van der Waals surface area contributed by atoms with E-state index in [0.717, 1.165) is 11.1 Å². The summed E-state index contributed by atoms with van der Waals surface area (Å²) in [5.74, 6) is -0.759. The first-order valence-electron chi connectivity index (χ1n) is 14.8. The van der Waals surface area contributed by atoms with Crippen LogP contribution in [0.4, 0.5) is 10.5 Å². The third-order valence-corrected chi connectivity index (χ3v) is 9.15. The Morgan fingerprint density at radius 3 is 2.18 bits per heavy atom. The average Bonchev–Trinajstić information content (AvgIpc) is 3.26. The number of alkyl carbamates (subject to hydrolysis) is 1. The normalized spacial score (nSPS) is 17.1. The summed E-state index contributed by atoms with van der Waals surface area (Å²) < 4.78 is 38.0. The van der Waals surface area contributed by atoms with E-state index in [0.29, 0.717) is 38.2 Å². The van der Waals surface area contributed by atoms with Crippen molar-refractivity contribution in [3.8, 4) is 0 Å². The lowest BCUT2D eigenvalue weighted by Gasteiger charge is -2.40. The maximum Gasteiger partial charge on any atom is 0.408 e. The second-order valence-electron chi connectivity index (χ2n) is 13.1. The molecule has 1 atom stereocenters. The number of likely N-dealkylation sites (tertiary alicyclic amines) is 1.